The van der Waals surface area contributed by atoms with Gasteiger partial charge in [0.15, 0.2) is 0 Å². The zero-order valence-corrected chi connectivity index (χ0v) is 12.3. The number of hydrogen-bond acceptors (Lipinski definition) is 2. The summed E-state index contributed by atoms with van der Waals surface area (Å²) in [6.07, 6.45) is 2.20. The lowest BCUT2D eigenvalue weighted by molar-refractivity contribution is -0.126. The van der Waals surface area contributed by atoms with Gasteiger partial charge in [-0.15, -0.1) is 0 Å². The predicted octanol–water partition coefficient (Wildman–Crippen LogP) is 2.22. The van der Waals surface area contributed by atoms with Crippen LogP contribution in [0.2, 0.25) is 0 Å². The Morgan fingerprint density at radius 3 is 2.70 bits per heavy atom. The summed E-state index contributed by atoms with van der Waals surface area (Å²) in [5.41, 5.74) is 0.610. The lowest BCUT2D eigenvalue weighted by Gasteiger charge is -2.25. The van der Waals surface area contributed by atoms with E-state index in [0.717, 1.165) is 12.8 Å². The minimum absolute atomic E-state index is 0.101. The Labute approximate surface area is 124 Å². The van der Waals surface area contributed by atoms with E-state index < -0.39 is 6.04 Å². The molecule has 1 atom stereocenters. The van der Waals surface area contributed by atoms with Gasteiger partial charge in [-0.25, -0.2) is 4.39 Å². The van der Waals surface area contributed by atoms with Gasteiger partial charge in [0, 0.05) is 17.4 Å². The molecule has 1 unspecified atom stereocenters. The van der Waals surface area contributed by atoms with Crippen LogP contribution in [-0.2, 0) is 9.59 Å². The quantitative estimate of drug-likeness (QED) is 0.897. The number of nitrogens with one attached hydrogen (secondary N) is 1. The van der Waals surface area contributed by atoms with Gasteiger partial charge in [-0.2, -0.15) is 0 Å². The van der Waals surface area contributed by atoms with Crippen molar-refractivity contribution in [3.63, 3.8) is 0 Å². The molecule has 1 aromatic carbocycles. The number of hydrogen-bond donors (Lipinski definition) is 1. The van der Waals surface area contributed by atoms with Crippen LogP contribution in [0.15, 0.2) is 22.7 Å². The van der Waals surface area contributed by atoms with Crippen molar-refractivity contribution in [2.75, 3.05) is 11.4 Å². The first-order valence-corrected chi connectivity index (χ1v) is 7.41. The summed E-state index contributed by atoms with van der Waals surface area (Å²) in [6.45, 7) is 0.318. The second-order valence-electron chi connectivity index (χ2n) is 5.22. The standard InChI is InChI=1S/C14H14BrFN2O2/c15-10-7-9(16)3-4-11(10)18-6-5-12(19)17-13(14(18)20)8-1-2-8/h3-4,7-8,13H,1-2,5-6H2,(H,17,19). The third-order valence-corrected chi connectivity index (χ3v) is 4.34. The molecule has 2 fully saturated rings. The van der Waals surface area contributed by atoms with Gasteiger partial charge in [-0.1, -0.05) is 0 Å². The summed E-state index contributed by atoms with van der Waals surface area (Å²) in [4.78, 5) is 25.9. The highest BCUT2D eigenvalue weighted by atomic mass is 79.9. The molecule has 106 valence electrons. The van der Waals surface area contributed by atoms with Gasteiger partial charge < -0.3 is 10.2 Å². The molecule has 2 aliphatic rings. The molecule has 0 radical (unpaired) electrons. The van der Waals surface area contributed by atoms with Crippen LogP contribution >= 0.6 is 15.9 Å². The third kappa shape index (κ3) is 2.57. The van der Waals surface area contributed by atoms with E-state index >= 15 is 0 Å². The number of carbonyl (C=O) groups excluding carboxylic acids is 2. The fourth-order valence-electron chi connectivity index (χ4n) is 2.49. The molecular formula is C14H14BrFN2O2. The molecule has 4 nitrogen and oxygen atoms in total. The molecule has 0 aromatic heterocycles. The highest BCUT2D eigenvalue weighted by Gasteiger charge is 2.41. The molecule has 1 aromatic rings. The van der Waals surface area contributed by atoms with E-state index in [-0.39, 0.29) is 30.0 Å². The van der Waals surface area contributed by atoms with E-state index in [0.29, 0.717) is 16.7 Å². The van der Waals surface area contributed by atoms with E-state index in [1.54, 1.807) is 11.0 Å². The second-order valence-corrected chi connectivity index (χ2v) is 6.07. The maximum atomic E-state index is 13.2. The molecule has 1 aliphatic carbocycles. The molecule has 0 bridgehead atoms. The Morgan fingerprint density at radius 2 is 2.05 bits per heavy atom. The lowest BCUT2D eigenvalue weighted by Crippen LogP contribution is -2.46. The van der Waals surface area contributed by atoms with Crippen LogP contribution in [0.1, 0.15) is 19.3 Å². The van der Waals surface area contributed by atoms with E-state index in [1.165, 1.54) is 12.1 Å². The minimum Gasteiger partial charge on any atom is -0.344 e. The number of anilines is 1. The summed E-state index contributed by atoms with van der Waals surface area (Å²) in [5, 5.41) is 2.80. The molecule has 3 rings (SSSR count). The van der Waals surface area contributed by atoms with Crippen molar-refractivity contribution in [3.8, 4) is 0 Å². The normalized spacial score (nSPS) is 23.5. The first-order chi connectivity index (χ1) is 9.56. The van der Waals surface area contributed by atoms with E-state index in [4.69, 9.17) is 0 Å². The van der Waals surface area contributed by atoms with Gasteiger partial charge in [0.05, 0.1) is 5.69 Å². The first kappa shape index (κ1) is 13.5. The number of halogens is 2. The molecule has 1 saturated carbocycles. The van der Waals surface area contributed by atoms with Crippen LogP contribution in [0.3, 0.4) is 0 Å². The zero-order valence-electron chi connectivity index (χ0n) is 10.7. The number of carbonyl (C=O) groups is 2. The third-order valence-electron chi connectivity index (χ3n) is 3.70. The average Bonchev–Trinajstić information content (AvgIpc) is 3.21. The first-order valence-electron chi connectivity index (χ1n) is 6.62. The molecule has 1 saturated heterocycles. The van der Waals surface area contributed by atoms with Gasteiger partial charge in [0.25, 0.3) is 0 Å². The summed E-state index contributed by atoms with van der Waals surface area (Å²) in [6, 6.07) is 3.77. The Morgan fingerprint density at radius 1 is 1.30 bits per heavy atom. The summed E-state index contributed by atoms with van der Waals surface area (Å²) < 4.78 is 13.7. The Bertz CT molecular complexity index is 574. The molecule has 6 heteroatoms. The van der Waals surface area contributed by atoms with Gasteiger partial charge in [0.1, 0.15) is 11.9 Å². The molecule has 1 N–H and O–H groups in total. The molecule has 20 heavy (non-hydrogen) atoms. The molecule has 1 heterocycles. The van der Waals surface area contributed by atoms with Gasteiger partial charge in [-0.05, 0) is 52.9 Å². The van der Waals surface area contributed by atoms with Crippen LogP contribution < -0.4 is 10.2 Å². The van der Waals surface area contributed by atoms with Crippen molar-refractivity contribution in [2.24, 2.45) is 5.92 Å². The number of nitrogens with zero attached hydrogens (tertiary/aromatic N) is 1. The zero-order chi connectivity index (χ0) is 14.3. The van der Waals surface area contributed by atoms with Gasteiger partial charge in [-0.3, -0.25) is 9.59 Å². The van der Waals surface area contributed by atoms with Crippen LogP contribution in [0.5, 0.6) is 0 Å². The lowest BCUT2D eigenvalue weighted by atomic mass is 10.1. The Hall–Kier alpha value is -1.43. The van der Waals surface area contributed by atoms with Crippen LogP contribution in [0.4, 0.5) is 10.1 Å². The molecule has 0 spiro atoms. The maximum Gasteiger partial charge on any atom is 0.249 e. The largest absolute Gasteiger partial charge is 0.344 e. The van der Waals surface area contributed by atoms with Crippen molar-refractivity contribution in [3.05, 3.63) is 28.5 Å². The van der Waals surface area contributed by atoms with E-state index in [1.807, 2.05) is 0 Å². The van der Waals surface area contributed by atoms with Crippen LogP contribution in [0, 0.1) is 11.7 Å². The summed E-state index contributed by atoms with van der Waals surface area (Å²) in [7, 11) is 0. The van der Waals surface area contributed by atoms with Crippen molar-refractivity contribution in [1.82, 2.24) is 5.32 Å². The van der Waals surface area contributed by atoms with Crippen molar-refractivity contribution in [1.29, 1.82) is 0 Å². The number of rotatable bonds is 2. The van der Waals surface area contributed by atoms with Gasteiger partial charge >= 0.3 is 0 Å². The van der Waals surface area contributed by atoms with Crippen LogP contribution in [0.25, 0.3) is 0 Å². The predicted molar refractivity (Wildman–Crippen MR) is 75.7 cm³/mol. The summed E-state index contributed by atoms with van der Waals surface area (Å²) >= 11 is 3.28. The Balaban J connectivity index is 1.93. The fraction of sp³-hybridized carbons (Fsp3) is 0.429. The van der Waals surface area contributed by atoms with Gasteiger partial charge in [0.2, 0.25) is 11.8 Å². The molecule has 1 aliphatic heterocycles. The highest BCUT2D eigenvalue weighted by Crippen LogP contribution is 2.36. The fourth-order valence-corrected chi connectivity index (χ4v) is 3.05. The van der Waals surface area contributed by atoms with Crippen LogP contribution in [-0.4, -0.2) is 24.4 Å². The smallest absolute Gasteiger partial charge is 0.249 e. The van der Waals surface area contributed by atoms with Crippen molar-refractivity contribution in [2.45, 2.75) is 25.3 Å². The Kier molecular flexibility index (Phi) is 3.50. The number of benzene rings is 1. The second kappa shape index (κ2) is 5.16. The average molecular weight is 341 g/mol. The highest BCUT2D eigenvalue weighted by molar-refractivity contribution is 9.10. The molecule has 2 amide bonds. The number of amides is 2. The summed E-state index contributed by atoms with van der Waals surface area (Å²) in [5.74, 6) is -0.330. The SMILES string of the molecule is O=C1CCN(c2ccc(F)cc2Br)C(=O)C(C2CC2)N1. The monoisotopic (exact) mass is 340 g/mol. The van der Waals surface area contributed by atoms with E-state index in [2.05, 4.69) is 21.2 Å². The topological polar surface area (TPSA) is 49.4 Å². The van der Waals surface area contributed by atoms with Crippen molar-refractivity contribution >= 4 is 33.4 Å². The van der Waals surface area contributed by atoms with Crippen molar-refractivity contribution < 1.29 is 14.0 Å². The van der Waals surface area contributed by atoms with E-state index in [9.17, 15) is 14.0 Å². The molecular weight excluding hydrogens is 327 g/mol. The maximum absolute atomic E-state index is 13.2. The minimum atomic E-state index is -0.443.